The molecule has 2 rings (SSSR count). The molecule has 0 unspecified atom stereocenters. The molecule has 3 N–H and O–H groups in total. The molecule has 0 radical (unpaired) electrons. The monoisotopic (exact) mass is 345 g/mol. The summed E-state index contributed by atoms with van der Waals surface area (Å²) in [5.74, 6) is 0.174. The molecule has 0 fully saturated rings. The Balaban J connectivity index is 2.02. The zero-order chi connectivity index (χ0) is 12.3. The molecule has 0 aliphatic carbocycles. The maximum Gasteiger partial charge on any atom is 0.251 e. The Morgan fingerprint density at radius 1 is 1.53 bits per heavy atom. The van der Waals surface area contributed by atoms with Crippen molar-refractivity contribution < 1.29 is 9.90 Å². The Morgan fingerprint density at radius 2 is 2.35 bits per heavy atom. The molecule has 0 aliphatic heterocycles. The molecule has 0 atom stereocenters. The number of benzene rings is 1. The number of aromatic hydroxyl groups is 1. The Hall–Kier alpha value is -1.71. The van der Waals surface area contributed by atoms with Crippen LogP contribution in [0.2, 0.25) is 0 Å². The normalized spacial score (nSPS) is 10.2. The summed E-state index contributed by atoms with van der Waals surface area (Å²) >= 11 is 1.98. The topological polar surface area (TPSA) is 104 Å². The molecule has 7 nitrogen and oxygen atoms in total. The number of halogens is 1. The lowest BCUT2D eigenvalue weighted by Crippen LogP contribution is -2.23. The van der Waals surface area contributed by atoms with Crippen LogP contribution in [-0.4, -0.2) is 31.6 Å². The van der Waals surface area contributed by atoms with Crippen molar-refractivity contribution in [1.82, 2.24) is 25.9 Å². The first kappa shape index (κ1) is 11.8. The highest BCUT2D eigenvalue weighted by Gasteiger charge is 2.08. The second-order valence-electron chi connectivity index (χ2n) is 3.18. The minimum atomic E-state index is -0.304. The van der Waals surface area contributed by atoms with Crippen molar-refractivity contribution in [3.63, 3.8) is 0 Å². The molecule has 1 aromatic heterocycles. The predicted octanol–water partition coefficient (Wildman–Crippen LogP) is 0.440. The lowest BCUT2D eigenvalue weighted by atomic mass is 10.2. The van der Waals surface area contributed by atoms with E-state index in [4.69, 9.17) is 0 Å². The van der Waals surface area contributed by atoms with Gasteiger partial charge in [0.15, 0.2) is 5.82 Å². The molecule has 0 bridgehead atoms. The number of nitrogens with zero attached hydrogens (tertiary/aromatic N) is 3. The molecule has 0 saturated heterocycles. The molecule has 1 heterocycles. The molecule has 0 aliphatic rings. The molecule has 1 aromatic carbocycles. The maximum atomic E-state index is 11.7. The summed E-state index contributed by atoms with van der Waals surface area (Å²) in [5.41, 5.74) is 0.381. The van der Waals surface area contributed by atoms with E-state index in [1.54, 1.807) is 12.1 Å². The Morgan fingerprint density at radius 3 is 3.00 bits per heavy atom. The van der Waals surface area contributed by atoms with Gasteiger partial charge in [-0.25, -0.2) is 0 Å². The van der Waals surface area contributed by atoms with Gasteiger partial charge >= 0.3 is 0 Å². The molecule has 0 saturated carbocycles. The van der Waals surface area contributed by atoms with Crippen LogP contribution in [0.1, 0.15) is 16.2 Å². The van der Waals surface area contributed by atoms with Gasteiger partial charge in [-0.3, -0.25) is 4.79 Å². The summed E-state index contributed by atoms with van der Waals surface area (Å²) in [5, 5.41) is 25.1. The average molecular weight is 345 g/mol. The maximum absolute atomic E-state index is 11.7. The van der Waals surface area contributed by atoms with Gasteiger partial charge in [-0.1, -0.05) is 5.21 Å². The van der Waals surface area contributed by atoms with Crippen molar-refractivity contribution in [2.24, 2.45) is 0 Å². The first-order valence-corrected chi connectivity index (χ1v) is 5.74. The van der Waals surface area contributed by atoms with Gasteiger partial charge < -0.3 is 10.4 Å². The third-order valence-electron chi connectivity index (χ3n) is 2.00. The number of rotatable bonds is 3. The molecule has 17 heavy (non-hydrogen) atoms. The summed E-state index contributed by atoms with van der Waals surface area (Å²) in [6.07, 6.45) is 0. The van der Waals surface area contributed by atoms with Crippen LogP contribution in [0, 0.1) is 3.57 Å². The van der Waals surface area contributed by atoms with Crippen LogP contribution in [0.4, 0.5) is 0 Å². The van der Waals surface area contributed by atoms with E-state index in [1.807, 2.05) is 22.6 Å². The number of nitrogens with one attached hydrogen (secondary N) is 2. The summed E-state index contributed by atoms with van der Waals surface area (Å²) in [7, 11) is 0. The number of phenols is 1. The van der Waals surface area contributed by atoms with E-state index in [9.17, 15) is 9.90 Å². The summed E-state index contributed by atoms with van der Waals surface area (Å²) in [4.78, 5) is 11.7. The minimum absolute atomic E-state index is 0.0813. The Kier molecular flexibility index (Phi) is 3.52. The largest absolute Gasteiger partial charge is 0.507 e. The van der Waals surface area contributed by atoms with E-state index >= 15 is 0 Å². The number of H-pyrrole nitrogens is 1. The van der Waals surface area contributed by atoms with Crippen LogP contribution in [-0.2, 0) is 6.54 Å². The number of carbonyl (C=O) groups is 1. The second kappa shape index (κ2) is 5.08. The number of tetrazole rings is 1. The highest BCUT2D eigenvalue weighted by Crippen LogP contribution is 2.20. The number of phenolic OH excluding ortho intramolecular Hbond substituents is 1. The number of aromatic amines is 1. The average Bonchev–Trinajstić information content (AvgIpc) is 2.82. The van der Waals surface area contributed by atoms with E-state index in [0.717, 1.165) is 0 Å². The van der Waals surface area contributed by atoms with Gasteiger partial charge in [0.25, 0.3) is 5.91 Å². The first-order chi connectivity index (χ1) is 8.16. The van der Waals surface area contributed by atoms with Gasteiger partial charge in [0.1, 0.15) is 5.75 Å². The first-order valence-electron chi connectivity index (χ1n) is 4.66. The number of aromatic nitrogens is 4. The molecule has 88 valence electrons. The van der Waals surface area contributed by atoms with Crippen LogP contribution in [0.3, 0.4) is 0 Å². The second-order valence-corrected chi connectivity index (χ2v) is 4.34. The minimum Gasteiger partial charge on any atom is -0.507 e. The fourth-order valence-electron chi connectivity index (χ4n) is 1.17. The number of carbonyl (C=O) groups excluding carboxylic acids is 1. The van der Waals surface area contributed by atoms with Crippen molar-refractivity contribution in [2.45, 2.75) is 6.54 Å². The van der Waals surface area contributed by atoms with Gasteiger partial charge in [0.2, 0.25) is 0 Å². The van der Waals surface area contributed by atoms with E-state index in [2.05, 4.69) is 25.9 Å². The zero-order valence-electron chi connectivity index (χ0n) is 8.51. The lowest BCUT2D eigenvalue weighted by Gasteiger charge is -2.03. The highest BCUT2D eigenvalue weighted by atomic mass is 127. The molecule has 1 amide bonds. The summed E-state index contributed by atoms with van der Waals surface area (Å²) in [6.45, 7) is 0.183. The van der Waals surface area contributed by atoms with Crippen LogP contribution in [0.5, 0.6) is 5.75 Å². The Labute approximate surface area is 110 Å². The fourth-order valence-corrected chi connectivity index (χ4v) is 1.51. The smallest absolute Gasteiger partial charge is 0.251 e. The third kappa shape index (κ3) is 2.90. The standard InChI is InChI=1S/C9H8IN5O2/c10-6-2-1-5(3-7(6)16)9(17)11-4-8-12-14-15-13-8/h1-3,16H,4H2,(H,11,17)(H,12,13,14,15). The van der Waals surface area contributed by atoms with E-state index in [-0.39, 0.29) is 18.2 Å². The molecule has 8 heteroatoms. The third-order valence-corrected chi connectivity index (χ3v) is 2.92. The van der Waals surface area contributed by atoms with Gasteiger partial charge in [-0.2, -0.15) is 5.21 Å². The lowest BCUT2D eigenvalue weighted by molar-refractivity contribution is 0.0949. The molecule has 0 spiro atoms. The fraction of sp³-hybridized carbons (Fsp3) is 0.111. The number of hydrogen-bond acceptors (Lipinski definition) is 5. The Bertz CT molecular complexity index is 528. The molecular weight excluding hydrogens is 337 g/mol. The molecule has 2 aromatic rings. The van der Waals surface area contributed by atoms with Gasteiger partial charge in [0.05, 0.1) is 10.1 Å². The van der Waals surface area contributed by atoms with Crippen molar-refractivity contribution in [3.8, 4) is 5.75 Å². The zero-order valence-corrected chi connectivity index (χ0v) is 10.7. The van der Waals surface area contributed by atoms with E-state index in [0.29, 0.717) is 15.0 Å². The van der Waals surface area contributed by atoms with Crippen LogP contribution in [0.25, 0.3) is 0 Å². The number of amides is 1. The van der Waals surface area contributed by atoms with Gasteiger partial charge in [-0.05, 0) is 40.8 Å². The van der Waals surface area contributed by atoms with Crippen LogP contribution < -0.4 is 5.32 Å². The predicted molar refractivity (Wildman–Crippen MR) is 66.2 cm³/mol. The quantitative estimate of drug-likeness (QED) is 0.701. The van der Waals surface area contributed by atoms with Crippen LogP contribution in [0.15, 0.2) is 18.2 Å². The number of hydrogen-bond donors (Lipinski definition) is 3. The van der Waals surface area contributed by atoms with Crippen molar-refractivity contribution >= 4 is 28.5 Å². The summed E-state index contributed by atoms with van der Waals surface area (Å²) in [6, 6.07) is 4.71. The van der Waals surface area contributed by atoms with Crippen molar-refractivity contribution in [2.75, 3.05) is 0 Å². The van der Waals surface area contributed by atoms with Gasteiger partial charge in [0, 0.05) is 5.56 Å². The summed E-state index contributed by atoms with van der Waals surface area (Å²) < 4.78 is 0.692. The van der Waals surface area contributed by atoms with E-state index < -0.39 is 0 Å². The van der Waals surface area contributed by atoms with Crippen molar-refractivity contribution in [3.05, 3.63) is 33.2 Å². The SMILES string of the molecule is O=C(NCc1nn[nH]n1)c1ccc(I)c(O)c1. The van der Waals surface area contributed by atoms with E-state index in [1.165, 1.54) is 6.07 Å². The highest BCUT2D eigenvalue weighted by molar-refractivity contribution is 14.1. The molecular formula is C9H8IN5O2. The van der Waals surface area contributed by atoms with Gasteiger partial charge in [-0.15, -0.1) is 10.2 Å². The van der Waals surface area contributed by atoms with Crippen molar-refractivity contribution in [1.29, 1.82) is 0 Å². The van der Waals surface area contributed by atoms with Crippen LogP contribution >= 0.6 is 22.6 Å².